The standard InChI is InChI=1S/C10H11N3O5S/c1-6(14)12-8(10(15)16)5-19-9-3-2-7(4-11-9)13(17)18/h2-4,8H,5H2,1H3,(H,12,14)(H,15,16)/t8-/m0/s1. The van der Waals surface area contributed by atoms with Crippen LogP contribution >= 0.6 is 11.8 Å². The van der Waals surface area contributed by atoms with Gasteiger partial charge in [-0.25, -0.2) is 9.78 Å². The van der Waals surface area contributed by atoms with Crippen molar-refractivity contribution in [1.82, 2.24) is 10.3 Å². The van der Waals surface area contributed by atoms with Gasteiger partial charge in [-0.2, -0.15) is 0 Å². The Bertz CT molecular complexity index is 490. The van der Waals surface area contributed by atoms with Crippen LogP contribution in [0.2, 0.25) is 0 Å². The lowest BCUT2D eigenvalue weighted by molar-refractivity contribution is -0.385. The van der Waals surface area contributed by atoms with Crippen LogP contribution in [0.5, 0.6) is 0 Å². The summed E-state index contributed by atoms with van der Waals surface area (Å²) < 4.78 is 0. The molecule has 1 atom stereocenters. The van der Waals surface area contributed by atoms with Gasteiger partial charge in [0.1, 0.15) is 12.2 Å². The van der Waals surface area contributed by atoms with Crippen LogP contribution < -0.4 is 5.32 Å². The quantitative estimate of drug-likeness (QED) is 0.447. The van der Waals surface area contributed by atoms with Gasteiger partial charge in [-0.05, 0) is 6.07 Å². The largest absolute Gasteiger partial charge is 0.480 e. The van der Waals surface area contributed by atoms with E-state index in [2.05, 4.69) is 10.3 Å². The summed E-state index contributed by atoms with van der Waals surface area (Å²) in [5, 5.41) is 22.0. The minimum atomic E-state index is -1.15. The highest BCUT2D eigenvalue weighted by Gasteiger charge is 2.18. The maximum Gasteiger partial charge on any atom is 0.327 e. The fraction of sp³-hybridized carbons (Fsp3) is 0.300. The van der Waals surface area contributed by atoms with Gasteiger partial charge < -0.3 is 10.4 Å². The summed E-state index contributed by atoms with van der Waals surface area (Å²) in [6, 6.07) is 1.68. The number of hydrogen-bond acceptors (Lipinski definition) is 6. The fourth-order valence-electron chi connectivity index (χ4n) is 1.15. The zero-order valence-corrected chi connectivity index (χ0v) is 10.7. The molecule has 8 nitrogen and oxygen atoms in total. The SMILES string of the molecule is CC(=O)N[C@@H](CSc1ccc([N+](=O)[O-])cn1)C(=O)O. The van der Waals surface area contributed by atoms with Crippen LogP contribution in [0.15, 0.2) is 23.4 Å². The Morgan fingerprint density at radius 3 is 2.68 bits per heavy atom. The van der Waals surface area contributed by atoms with Crippen LogP contribution in [0, 0.1) is 10.1 Å². The van der Waals surface area contributed by atoms with Crippen LogP contribution in [0.25, 0.3) is 0 Å². The molecular weight excluding hydrogens is 274 g/mol. The number of carbonyl (C=O) groups is 2. The molecule has 1 heterocycles. The second-order valence-corrected chi connectivity index (χ2v) is 4.55. The highest BCUT2D eigenvalue weighted by Crippen LogP contribution is 2.19. The van der Waals surface area contributed by atoms with E-state index >= 15 is 0 Å². The third-order valence-electron chi connectivity index (χ3n) is 2.01. The van der Waals surface area contributed by atoms with Crippen molar-refractivity contribution in [1.29, 1.82) is 0 Å². The molecular formula is C10H11N3O5S. The summed E-state index contributed by atoms with van der Waals surface area (Å²) in [6.07, 6.45) is 1.09. The number of pyridine rings is 1. The zero-order chi connectivity index (χ0) is 14.4. The van der Waals surface area contributed by atoms with Gasteiger partial charge in [0, 0.05) is 18.7 Å². The predicted molar refractivity (Wildman–Crippen MR) is 66.9 cm³/mol. The van der Waals surface area contributed by atoms with Crippen molar-refractivity contribution >= 4 is 29.3 Å². The van der Waals surface area contributed by atoms with Crippen molar-refractivity contribution in [2.75, 3.05) is 5.75 Å². The van der Waals surface area contributed by atoms with Gasteiger partial charge in [0.05, 0.1) is 9.95 Å². The first-order chi connectivity index (χ1) is 8.90. The van der Waals surface area contributed by atoms with Crippen molar-refractivity contribution in [2.45, 2.75) is 18.0 Å². The summed E-state index contributed by atoms with van der Waals surface area (Å²) in [4.78, 5) is 35.4. The van der Waals surface area contributed by atoms with Crippen molar-refractivity contribution in [3.05, 3.63) is 28.4 Å². The molecule has 19 heavy (non-hydrogen) atoms. The van der Waals surface area contributed by atoms with Gasteiger partial charge in [0.15, 0.2) is 0 Å². The maximum atomic E-state index is 10.9. The van der Waals surface area contributed by atoms with Gasteiger partial charge in [0.2, 0.25) is 5.91 Å². The van der Waals surface area contributed by atoms with Gasteiger partial charge >= 0.3 is 5.97 Å². The molecule has 0 aliphatic carbocycles. The molecule has 102 valence electrons. The first-order valence-electron chi connectivity index (χ1n) is 5.13. The van der Waals surface area contributed by atoms with E-state index in [1.54, 1.807) is 0 Å². The number of aromatic nitrogens is 1. The van der Waals surface area contributed by atoms with E-state index in [-0.39, 0.29) is 11.4 Å². The third kappa shape index (κ3) is 4.92. The Balaban J connectivity index is 2.61. The Morgan fingerprint density at radius 1 is 1.58 bits per heavy atom. The number of thioether (sulfide) groups is 1. The normalized spacial score (nSPS) is 11.6. The summed E-state index contributed by atoms with van der Waals surface area (Å²) in [7, 11) is 0. The number of nitro groups is 1. The lowest BCUT2D eigenvalue weighted by Crippen LogP contribution is -2.41. The van der Waals surface area contributed by atoms with Gasteiger partial charge in [-0.15, -0.1) is 11.8 Å². The maximum absolute atomic E-state index is 10.9. The third-order valence-corrected chi connectivity index (χ3v) is 3.04. The van der Waals surface area contributed by atoms with Gasteiger partial charge in [0.25, 0.3) is 5.69 Å². The second kappa shape index (κ2) is 6.69. The van der Waals surface area contributed by atoms with Crippen LogP contribution in [-0.2, 0) is 9.59 Å². The van der Waals surface area contributed by atoms with Gasteiger partial charge in [-0.1, -0.05) is 0 Å². The molecule has 0 bridgehead atoms. The molecule has 9 heteroatoms. The second-order valence-electron chi connectivity index (χ2n) is 3.51. The van der Waals surface area contributed by atoms with Crippen LogP contribution in [-0.4, -0.2) is 38.7 Å². The smallest absolute Gasteiger partial charge is 0.327 e. The molecule has 0 unspecified atom stereocenters. The molecule has 1 amide bonds. The molecule has 0 saturated heterocycles. The minimum absolute atomic E-state index is 0.0831. The van der Waals surface area contributed by atoms with Crippen LogP contribution in [0.1, 0.15) is 6.92 Å². The number of aliphatic carboxylic acids is 1. The molecule has 0 fully saturated rings. The summed E-state index contributed by atoms with van der Waals surface area (Å²) in [6.45, 7) is 1.23. The fourth-order valence-corrected chi connectivity index (χ4v) is 2.01. The summed E-state index contributed by atoms with van der Waals surface area (Å²) in [5.41, 5.74) is -0.138. The Hall–Kier alpha value is -2.16. The number of carbonyl (C=O) groups excluding carboxylic acids is 1. The monoisotopic (exact) mass is 285 g/mol. The Labute approximate surface area is 112 Å². The van der Waals surface area contributed by atoms with Crippen molar-refractivity contribution < 1.29 is 19.6 Å². The van der Waals surface area contributed by atoms with Crippen molar-refractivity contribution in [2.24, 2.45) is 0 Å². The molecule has 0 saturated carbocycles. The number of carboxylic acids is 1. The average molecular weight is 285 g/mol. The molecule has 0 aliphatic heterocycles. The van der Waals surface area contributed by atoms with Crippen molar-refractivity contribution in [3.8, 4) is 0 Å². The number of carboxylic acid groups (broad SMARTS) is 1. The van der Waals surface area contributed by atoms with E-state index in [9.17, 15) is 19.7 Å². The predicted octanol–water partition coefficient (Wildman–Crippen LogP) is 0.671. The number of nitrogens with zero attached hydrogens (tertiary/aromatic N) is 2. The number of amides is 1. The van der Waals surface area contributed by atoms with E-state index in [1.165, 1.54) is 19.1 Å². The lowest BCUT2D eigenvalue weighted by Gasteiger charge is -2.12. The topological polar surface area (TPSA) is 122 Å². The van der Waals surface area contributed by atoms with E-state index in [0.717, 1.165) is 18.0 Å². The van der Waals surface area contributed by atoms with E-state index in [1.807, 2.05) is 0 Å². The summed E-state index contributed by atoms with van der Waals surface area (Å²) >= 11 is 1.09. The summed E-state index contributed by atoms with van der Waals surface area (Å²) in [5.74, 6) is -1.51. The van der Waals surface area contributed by atoms with E-state index < -0.39 is 22.8 Å². The van der Waals surface area contributed by atoms with Gasteiger partial charge in [-0.3, -0.25) is 14.9 Å². The molecule has 0 aromatic carbocycles. The molecule has 0 radical (unpaired) electrons. The first kappa shape index (κ1) is 14.9. The van der Waals surface area contributed by atoms with Crippen LogP contribution in [0.3, 0.4) is 0 Å². The molecule has 1 rings (SSSR count). The van der Waals surface area contributed by atoms with E-state index in [0.29, 0.717) is 5.03 Å². The molecule has 0 aliphatic rings. The highest BCUT2D eigenvalue weighted by molar-refractivity contribution is 7.99. The Kier molecular flexibility index (Phi) is 5.24. The Morgan fingerprint density at radius 2 is 2.26 bits per heavy atom. The number of nitrogens with one attached hydrogen (secondary N) is 1. The molecule has 1 aromatic rings. The average Bonchev–Trinajstić information content (AvgIpc) is 2.34. The first-order valence-corrected chi connectivity index (χ1v) is 6.12. The molecule has 1 aromatic heterocycles. The lowest BCUT2D eigenvalue weighted by atomic mass is 10.3. The van der Waals surface area contributed by atoms with Crippen molar-refractivity contribution in [3.63, 3.8) is 0 Å². The number of hydrogen-bond donors (Lipinski definition) is 2. The molecule has 2 N–H and O–H groups in total. The van der Waals surface area contributed by atoms with Crippen LogP contribution in [0.4, 0.5) is 5.69 Å². The van der Waals surface area contributed by atoms with E-state index in [4.69, 9.17) is 5.11 Å². The number of rotatable bonds is 6. The highest BCUT2D eigenvalue weighted by atomic mass is 32.2. The zero-order valence-electron chi connectivity index (χ0n) is 9.90. The molecule has 0 spiro atoms. The minimum Gasteiger partial charge on any atom is -0.480 e.